The first kappa shape index (κ1) is 13.2. The van der Waals surface area contributed by atoms with E-state index in [0.717, 1.165) is 22.3 Å². The van der Waals surface area contributed by atoms with Gasteiger partial charge in [-0.05, 0) is 29.5 Å². The second-order valence-electron chi connectivity index (χ2n) is 3.92. The van der Waals surface area contributed by atoms with Crippen molar-refractivity contribution in [2.75, 3.05) is 6.26 Å². The molecule has 2 rings (SSSR count). The molecule has 0 saturated carbocycles. The fourth-order valence-electron chi connectivity index (χ4n) is 1.89. The van der Waals surface area contributed by atoms with Crippen molar-refractivity contribution in [1.29, 1.82) is 0 Å². The Bertz CT molecular complexity index is 539. The summed E-state index contributed by atoms with van der Waals surface area (Å²) in [6, 6.07) is 15.5. The van der Waals surface area contributed by atoms with Crippen LogP contribution >= 0.6 is 23.4 Å². The minimum Gasteiger partial charge on any atom is -0.302 e. The number of halogens is 1. The molecule has 0 radical (unpaired) electrons. The van der Waals surface area contributed by atoms with Gasteiger partial charge in [-0.3, -0.25) is 0 Å². The van der Waals surface area contributed by atoms with Gasteiger partial charge < -0.3 is 4.79 Å². The van der Waals surface area contributed by atoms with E-state index < -0.39 is 0 Å². The smallest absolute Gasteiger partial charge is 0.131 e. The van der Waals surface area contributed by atoms with Gasteiger partial charge in [-0.2, -0.15) is 0 Å². The lowest BCUT2D eigenvalue weighted by Gasteiger charge is -2.12. The third-order valence-electron chi connectivity index (χ3n) is 2.83. The van der Waals surface area contributed by atoms with Crippen LogP contribution in [0.25, 0.3) is 0 Å². The third-order valence-corrected chi connectivity index (χ3v) is 4.05. The van der Waals surface area contributed by atoms with Gasteiger partial charge in [0.2, 0.25) is 0 Å². The molecular weight excluding hydrogens is 264 g/mol. The topological polar surface area (TPSA) is 17.1 Å². The molecule has 0 saturated heterocycles. The Morgan fingerprint density at radius 2 is 1.83 bits per heavy atom. The molecule has 0 heterocycles. The molecule has 1 nitrogen and oxygen atoms in total. The lowest BCUT2D eigenvalue weighted by Crippen LogP contribution is -2.02. The maximum absolute atomic E-state index is 11.3. The summed E-state index contributed by atoms with van der Waals surface area (Å²) < 4.78 is 0. The number of benzene rings is 2. The average Bonchev–Trinajstić information content (AvgIpc) is 2.41. The summed E-state index contributed by atoms with van der Waals surface area (Å²) >= 11 is 7.78. The molecule has 0 N–H and O–H groups in total. The molecule has 0 amide bonds. The Labute approximate surface area is 116 Å². The van der Waals surface area contributed by atoms with E-state index in [4.69, 9.17) is 11.6 Å². The summed E-state index contributed by atoms with van der Waals surface area (Å²) in [5.74, 6) is -0.250. The van der Waals surface area contributed by atoms with E-state index in [9.17, 15) is 4.79 Å². The largest absolute Gasteiger partial charge is 0.302 e. The van der Waals surface area contributed by atoms with Crippen molar-refractivity contribution in [1.82, 2.24) is 0 Å². The van der Waals surface area contributed by atoms with E-state index in [-0.39, 0.29) is 5.92 Å². The summed E-state index contributed by atoms with van der Waals surface area (Å²) in [5, 5.41) is 0.697. The number of carbonyl (C=O) groups is 1. The van der Waals surface area contributed by atoms with Crippen LogP contribution < -0.4 is 0 Å². The zero-order chi connectivity index (χ0) is 13.0. The molecule has 3 heteroatoms. The van der Waals surface area contributed by atoms with Crippen molar-refractivity contribution in [3.63, 3.8) is 0 Å². The van der Waals surface area contributed by atoms with Crippen LogP contribution in [0, 0.1) is 0 Å². The van der Waals surface area contributed by atoms with E-state index in [1.54, 1.807) is 11.8 Å². The summed E-state index contributed by atoms with van der Waals surface area (Å²) in [6.45, 7) is 0. The molecule has 0 spiro atoms. The van der Waals surface area contributed by atoms with Gasteiger partial charge in [-0.15, -0.1) is 11.8 Å². The number of hydrogen-bond donors (Lipinski definition) is 0. The fourth-order valence-corrected chi connectivity index (χ4v) is 2.76. The maximum Gasteiger partial charge on any atom is 0.131 e. The molecule has 0 bridgehead atoms. The van der Waals surface area contributed by atoms with E-state index in [0.29, 0.717) is 5.02 Å². The number of carbonyl (C=O) groups excluding carboxylic acids is 1. The molecule has 0 aliphatic rings. The molecule has 0 aliphatic carbocycles. The molecule has 0 fully saturated rings. The molecule has 0 aromatic heterocycles. The van der Waals surface area contributed by atoms with Gasteiger partial charge in [0.25, 0.3) is 0 Å². The first-order valence-corrected chi connectivity index (χ1v) is 7.20. The van der Waals surface area contributed by atoms with Crippen LogP contribution in [0.3, 0.4) is 0 Å². The number of rotatable bonds is 4. The molecule has 0 aliphatic heterocycles. The van der Waals surface area contributed by atoms with Gasteiger partial charge in [0.1, 0.15) is 6.29 Å². The first-order chi connectivity index (χ1) is 8.76. The molecule has 92 valence electrons. The van der Waals surface area contributed by atoms with Crippen LogP contribution in [-0.4, -0.2) is 12.5 Å². The molecule has 1 unspecified atom stereocenters. The van der Waals surface area contributed by atoms with Crippen LogP contribution in [0.15, 0.2) is 53.4 Å². The molecule has 1 atom stereocenters. The van der Waals surface area contributed by atoms with Crippen LogP contribution in [0.1, 0.15) is 17.0 Å². The third kappa shape index (κ3) is 2.77. The van der Waals surface area contributed by atoms with E-state index in [1.807, 2.05) is 54.8 Å². The number of hydrogen-bond acceptors (Lipinski definition) is 2. The summed E-state index contributed by atoms with van der Waals surface area (Å²) in [5.41, 5.74) is 1.92. The van der Waals surface area contributed by atoms with Gasteiger partial charge in [-0.1, -0.05) is 48.0 Å². The van der Waals surface area contributed by atoms with Crippen molar-refractivity contribution < 1.29 is 4.79 Å². The van der Waals surface area contributed by atoms with Gasteiger partial charge in [0, 0.05) is 4.90 Å². The highest BCUT2D eigenvalue weighted by Crippen LogP contribution is 2.30. The van der Waals surface area contributed by atoms with Crippen molar-refractivity contribution in [2.24, 2.45) is 0 Å². The highest BCUT2D eigenvalue weighted by Gasteiger charge is 2.14. The Morgan fingerprint density at radius 3 is 2.39 bits per heavy atom. The SMILES string of the molecule is CSc1ccc(C(C=O)c2ccccc2)cc1Cl. The first-order valence-electron chi connectivity index (χ1n) is 5.60. The van der Waals surface area contributed by atoms with E-state index >= 15 is 0 Å². The van der Waals surface area contributed by atoms with Gasteiger partial charge in [0.15, 0.2) is 0 Å². The molecule has 2 aromatic rings. The lowest BCUT2D eigenvalue weighted by molar-refractivity contribution is -0.108. The van der Waals surface area contributed by atoms with E-state index in [1.165, 1.54) is 0 Å². The fraction of sp³-hybridized carbons (Fsp3) is 0.133. The minimum atomic E-state index is -0.250. The quantitative estimate of drug-likeness (QED) is 0.608. The predicted octanol–water partition coefficient (Wildman–Crippen LogP) is 4.39. The highest BCUT2D eigenvalue weighted by atomic mass is 35.5. The summed E-state index contributed by atoms with van der Waals surface area (Å²) in [6.07, 6.45) is 2.94. The Balaban J connectivity index is 2.40. The van der Waals surface area contributed by atoms with Crippen LogP contribution in [-0.2, 0) is 4.79 Å². The lowest BCUT2D eigenvalue weighted by atomic mass is 9.93. The number of thioether (sulfide) groups is 1. The molecular formula is C15H13ClOS. The van der Waals surface area contributed by atoms with Crippen molar-refractivity contribution in [3.05, 3.63) is 64.7 Å². The molecule has 18 heavy (non-hydrogen) atoms. The highest BCUT2D eigenvalue weighted by molar-refractivity contribution is 7.98. The van der Waals surface area contributed by atoms with Crippen molar-refractivity contribution in [2.45, 2.75) is 10.8 Å². The minimum absolute atomic E-state index is 0.250. The predicted molar refractivity (Wildman–Crippen MR) is 77.6 cm³/mol. The average molecular weight is 277 g/mol. The molecule has 2 aromatic carbocycles. The summed E-state index contributed by atoms with van der Waals surface area (Å²) in [7, 11) is 0. The standard InChI is InChI=1S/C15H13ClOS/c1-18-15-8-7-12(9-14(15)16)13(10-17)11-5-3-2-4-6-11/h2-10,13H,1H3. The summed E-state index contributed by atoms with van der Waals surface area (Å²) in [4.78, 5) is 12.3. The van der Waals surface area contributed by atoms with Crippen LogP contribution in [0.2, 0.25) is 5.02 Å². The number of aldehydes is 1. The second kappa shape index (κ2) is 6.07. The maximum atomic E-state index is 11.3. The second-order valence-corrected chi connectivity index (χ2v) is 5.17. The zero-order valence-electron chi connectivity index (χ0n) is 9.97. The van der Waals surface area contributed by atoms with Gasteiger partial charge in [0.05, 0.1) is 10.9 Å². The van der Waals surface area contributed by atoms with Gasteiger partial charge >= 0.3 is 0 Å². The monoisotopic (exact) mass is 276 g/mol. The van der Waals surface area contributed by atoms with E-state index in [2.05, 4.69) is 0 Å². The Morgan fingerprint density at radius 1 is 1.11 bits per heavy atom. The van der Waals surface area contributed by atoms with Crippen molar-refractivity contribution >= 4 is 29.6 Å². The Kier molecular flexibility index (Phi) is 4.45. The van der Waals surface area contributed by atoms with Crippen LogP contribution in [0.4, 0.5) is 0 Å². The normalized spacial score (nSPS) is 12.1. The van der Waals surface area contributed by atoms with Crippen molar-refractivity contribution in [3.8, 4) is 0 Å². The zero-order valence-corrected chi connectivity index (χ0v) is 11.5. The van der Waals surface area contributed by atoms with Gasteiger partial charge in [-0.25, -0.2) is 0 Å². The van der Waals surface area contributed by atoms with Crippen LogP contribution in [0.5, 0.6) is 0 Å². The Hall–Kier alpha value is -1.25.